The number of nitrogens with zero attached hydrogens (tertiary/aromatic N) is 3. The maximum atomic E-state index is 5.89. The van der Waals surface area contributed by atoms with Gasteiger partial charge in [0, 0.05) is 11.6 Å². The molecule has 0 fully saturated rings. The lowest BCUT2D eigenvalue weighted by Gasteiger charge is -2.02. The van der Waals surface area contributed by atoms with Gasteiger partial charge in [0.2, 0.25) is 11.8 Å². The Kier molecular flexibility index (Phi) is 2.97. The van der Waals surface area contributed by atoms with Crippen LogP contribution in [0.15, 0.2) is 40.9 Å². The van der Waals surface area contributed by atoms with Crippen molar-refractivity contribution in [1.29, 1.82) is 0 Å². The van der Waals surface area contributed by atoms with Crippen LogP contribution >= 0.6 is 0 Å². The summed E-state index contributed by atoms with van der Waals surface area (Å²) in [5.74, 6) is 0.925. The molecule has 3 rings (SSSR count). The van der Waals surface area contributed by atoms with E-state index in [1.807, 2.05) is 37.3 Å². The minimum atomic E-state index is -0.218. The number of pyridine rings is 1. The van der Waals surface area contributed by atoms with Crippen LogP contribution in [0.5, 0.6) is 0 Å². The largest absolute Gasteiger partial charge is 0.419 e. The van der Waals surface area contributed by atoms with Crippen molar-refractivity contribution in [2.75, 3.05) is 0 Å². The number of benzene rings is 1. The molecule has 0 aliphatic rings. The average molecular weight is 254 g/mol. The van der Waals surface area contributed by atoms with Crippen LogP contribution in [0.1, 0.15) is 25.3 Å². The lowest BCUT2D eigenvalue weighted by molar-refractivity contribution is 0.453. The fraction of sp³-hybridized carbons (Fsp3) is 0.214. The maximum Gasteiger partial charge on any atom is 0.250 e. The molecule has 0 spiro atoms. The summed E-state index contributed by atoms with van der Waals surface area (Å²) in [5, 5.41) is 9.11. The minimum Gasteiger partial charge on any atom is -0.419 e. The van der Waals surface area contributed by atoms with E-state index in [2.05, 4.69) is 15.2 Å². The number of hydrogen-bond acceptors (Lipinski definition) is 5. The first kappa shape index (κ1) is 11.8. The highest BCUT2D eigenvalue weighted by Crippen LogP contribution is 2.27. The van der Waals surface area contributed by atoms with Gasteiger partial charge in [-0.3, -0.25) is 4.98 Å². The summed E-state index contributed by atoms with van der Waals surface area (Å²) in [6, 6.07) is 9.55. The SMILES string of the molecule is CCC(N)c1nnc(-c2cccc3cccnc23)o1. The summed E-state index contributed by atoms with van der Waals surface area (Å²) >= 11 is 0. The Morgan fingerprint density at radius 2 is 2.05 bits per heavy atom. The monoisotopic (exact) mass is 254 g/mol. The molecule has 2 heterocycles. The topological polar surface area (TPSA) is 77.8 Å². The first-order valence-electron chi connectivity index (χ1n) is 6.22. The molecule has 0 aliphatic heterocycles. The Hall–Kier alpha value is -2.27. The van der Waals surface area contributed by atoms with E-state index in [4.69, 9.17) is 10.2 Å². The van der Waals surface area contributed by atoms with Gasteiger partial charge in [-0.1, -0.05) is 25.1 Å². The summed E-state index contributed by atoms with van der Waals surface area (Å²) in [6.45, 7) is 1.98. The highest BCUT2D eigenvalue weighted by atomic mass is 16.4. The molecule has 1 aromatic carbocycles. The summed E-state index contributed by atoms with van der Waals surface area (Å²) in [6.07, 6.45) is 2.51. The van der Waals surface area contributed by atoms with Gasteiger partial charge < -0.3 is 10.2 Å². The Morgan fingerprint density at radius 1 is 1.21 bits per heavy atom. The van der Waals surface area contributed by atoms with Crippen molar-refractivity contribution in [2.45, 2.75) is 19.4 Å². The Labute approximate surface area is 110 Å². The van der Waals surface area contributed by atoms with Crippen LogP contribution in [0.3, 0.4) is 0 Å². The predicted molar refractivity (Wildman–Crippen MR) is 72.3 cm³/mol. The molecule has 0 bridgehead atoms. The van der Waals surface area contributed by atoms with E-state index in [9.17, 15) is 0 Å². The van der Waals surface area contributed by atoms with E-state index in [0.717, 1.165) is 22.9 Å². The Balaban J connectivity index is 2.12. The molecule has 19 heavy (non-hydrogen) atoms. The third kappa shape index (κ3) is 2.08. The van der Waals surface area contributed by atoms with Crippen molar-refractivity contribution in [3.05, 3.63) is 42.4 Å². The highest BCUT2D eigenvalue weighted by molar-refractivity contribution is 5.91. The zero-order chi connectivity index (χ0) is 13.2. The van der Waals surface area contributed by atoms with Crippen LogP contribution in [0.4, 0.5) is 0 Å². The Bertz CT molecular complexity index is 702. The molecular formula is C14H14N4O. The van der Waals surface area contributed by atoms with Crippen molar-refractivity contribution in [3.63, 3.8) is 0 Å². The smallest absolute Gasteiger partial charge is 0.250 e. The standard InChI is InChI=1S/C14H14N4O/c1-2-11(15)14-18-17-13(19-14)10-7-3-5-9-6-4-8-16-12(9)10/h3-8,11H,2,15H2,1H3. The molecule has 5 nitrogen and oxygen atoms in total. The quantitative estimate of drug-likeness (QED) is 0.777. The lowest BCUT2D eigenvalue weighted by atomic mass is 10.1. The van der Waals surface area contributed by atoms with E-state index in [0.29, 0.717) is 11.8 Å². The van der Waals surface area contributed by atoms with E-state index < -0.39 is 0 Å². The normalized spacial score (nSPS) is 12.7. The first-order valence-corrected chi connectivity index (χ1v) is 6.22. The zero-order valence-corrected chi connectivity index (χ0v) is 10.6. The van der Waals surface area contributed by atoms with Crippen molar-refractivity contribution >= 4 is 10.9 Å². The number of para-hydroxylation sites is 1. The second kappa shape index (κ2) is 4.78. The molecule has 2 aromatic heterocycles. The van der Waals surface area contributed by atoms with Gasteiger partial charge in [0.1, 0.15) is 0 Å². The minimum absolute atomic E-state index is 0.218. The van der Waals surface area contributed by atoms with Crippen LogP contribution < -0.4 is 5.73 Å². The zero-order valence-electron chi connectivity index (χ0n) is 10.6. The van der Waals surface area contributed by atoms with Gasteiger partial charge in [-0.2, -0.15) is 0 Å². The molecule has 0 saturated carbocycles. The number of hydrogen-bond donors (Lipinski definition) is 1. The fourth-order valence-corrected chi connectivity index (χ4v) is 1.94. The second-order valence-corrected chi connectivity index (χ2v) is 4.34. The molecule has 2 N–H and O–H groups in total. The highest BCUT2D eigenvalue weighted by Gasteiger charge is 2.15. The molecule has 1 atom stereocenters. The van der Waals surface area contributed by atoms with Gasteiger partial charge in [-0.25, -0.2) is 0 Å². The molecule has 96 valence electrons. The molecule has 0 radical (unpaired) electrons. The summed E-state index contributed by atoms with van der Waals surface area (Å²) in [7, 11) is 0. The third-order valence-corrected chi connectivity index (χ3v) is 3.06. The van der Waals surface area contributed by atoms with Crippen molar-refractivity contribution in [2.24, 2.45) is 5.73 Å². The molecule has 0 amide bonds. The van der Waals surface area contributed by atoms with Gasteiger partial charge in [0.25, 0.3) is 0 Å². The lowest BCUT2D eigenvalue weighted by Crippen LogP contribution is -2.08. The van der Waals surface area contributed by atoms with Crippen LogP contribution in [0.2, 0.25) is 0 Å². The van der Waals surface area contributed by atoms with Gasteiger partial charge in [-0.05, 0) is 18.6 Å². The summed E-state index contributed by atoms with van der Waals surface area (Å²) < 4.78 is 5.64. The second-order valence-electron chi connectivity index (χ2n) is 4.34. The van der Waals surface area contributed by atoms with Crippen molar-refractivity contribution < 1.29 is 4.42 Å². The first-order chi connectivity index (χ1) is 9.29. The van der Waals surface area contributed by atoms with E-state index in [-0.39, 0.29) is 6.04 Å². The summed E-state index contributed by atoms with van der Waals surface area (Å²) in [4.78, 5) is 4.37. The Morgan fingerprint density at radius 3 is 2.89 bits per heavy atom. The van der Waals surface area contributed by atoms with Gasteiger partial charge >= 0.3 is 0 Å². The van der Waals surface area contributed by atoms with Crippen LogP contribution in [0.25, 0.3) is 22.4 Å². The van der Waals surface area contributed by atoms with Gasteiger partial charge in [0.05, 0.1) is 17.1 Å². The molecule has 5 heteroatoms. The molecule has 0 saturated heterocycles. The van der Waals surface area contributed by atoms with E-state index >= 15 is 0 Å². The predicted octanol–water partition coefficient (Wildman–Crippen LogP) is 2.69. The van der Waals surface area contributed by atoms with Crippen molar-refractivity contribution in [3.8, 4) is 11.5 Å². The van der Waals surface area contributed by atoms with Crippen LogP contribution in [-0.4, -0.2) is 15.2 Å². The van der Waals surface area contributed by atoms with Crippen LogP contribution in [-0.2, 0) is 0 Å². The fourth-order valence-electron chi connectivity index (χ4n) is 1.94. The molecule has 1 unspecified atom stereocenters. The van der Waals surface area contributed by atoms with Gasteiger partial charge in [0.15, 0.2) is 0 Å². The number of nitrogens with two attached hydrogens (primary N) is 1. The number of rotatable bonds is 3. The number of aromatic nitrogens is 3. The van der Waals surface area contributed by atoms with Gasteiger partial charge in [-0.15, -0.1) is 10.2 Å². The van der Waals surface area contributed by atoms with Crippen molar-refractivity contribution in [1.82, 2.24) is 15.2 Å². The average Bonchev–Trinajstić information content (AvgIpc) is 2.95. The molecule has 0 aliphatic carbocycles. The maximum absolute atomic E-state index is 5.89. The molecule has 3 aromatic rings. The van der Waals surface area contributed by atoms with E-state index in [1.54, 1.807) is 6.20 Å². The number of fused-ring (bicyclic) bond motifs is 1. The molecular weight excluding hydrogens is 240 g/mol. The summed E-state index contributed by atoms with van der Waals surface area (Å²) in [5.41, 5.74) is 7.57. The van der Waals surface area contributed by atoms with E-state index in [1.165, 1.54) is 0 Å². The third-order valence-electron chi connectivity index (χ3n) is 3.06. The van der Waals surface area contributed by atoms with Crippen LogP contribution in [0, 0.1) is 0 Å².